The van der Waals surface area contributed by atoms with E-state index in [4.69, 9.17) is 25.5 Å². The second-order valence-electron chi connectivity index (χ2n) is 4.79. The number of rotatable bonds is 5. The zero-order valence-electron chi connectivity index (χ0n) is 12.7. The first-order valence-corrected chi connectivity index (χ1v) is 7.43. The minimum absolute atomic E-state index is 0.145. The Balaban J connectivity index is 1.69. The van der Waals surface area contributed by atoms with Crippen LogP contribution in [0.25, 0.3) is 11.5 Å². The van der Waals surface area contributed by atoms with Crippen LogP contribution in [0.1, 0.15) is 16.2 Å². The number of halogens is 1. The molecule has 0 bridgehead atoms. The summed E-state index contributed by atoms with van der Waals surface area (Å²) in [6.45, 7) is -0.145. The van der Waals surface area contributed by atoms with Gasteiger partial charge >= 0.3 is 5.97 Å². The molecule has 1 aromatic heterocycles. The highest BCUT2D eigenvalue weighted by Gasteiger charge is 2.16. The standard InChI is InChI=1S/C17H13ClN2O4/c1-22-14-8-7-12(18)9-13(14)17(21)23-10-15-19-20-16(24-15)11-5-3-2-4-6-11/h2-9H,10H2,1H3. The zero-order valence-corrected chi connectivity index (χ0v) is 13.5. The van der Waals surface area contributed by atoms with Crippen LogP contribution in [-0.4, -0.2) is 23.3 Å². The molecule has 0 saturated heterocycles. The third-order valence-corrected chi connectivity index (χ3v) is 3.43. The van der Waals surface area contributed by atoms with Gasteiger partial charge in [-0.15, -0.1) is 10.2 Å². The molecule has 122 valence electrons. The minimum Gasteiger partial charge on any atom is -0.496 e. The second kappa shape index (κ2) is 7.14. The highest BCUT2D eigenvalue weighted by atomic mass is 35.5. The molecule has 24 heavy (non-hydrogen) atoms. The van der Waals surface area contributed by atoms with Gasteiger partial charge in [0.15, 0.2) is 6.61 Å². The molecule has 0 N–H and O–H groups in total. The molecule has 0 unspecified atom stereocenters. The quantitative estimate of drug-likeness (QED) is 0.656. The number of hydrogen-bond acceptors (Lipinski definition) is 6. The molecule has 0 radical (unpaired) electrons. The summed E-state index contributed by atoms with van der Waals surface area (Å²) in [5.74, 6) is 0.346. The summed E-state index contributed by atoms with van der Waals surface area (Å²) < 4.78 is 15.8. The van der Waals surface area contributed by atoms with Crippen molar-refractivity contribution in [3.05, 3.63) is 65.0 Å². The zero-order chi connectivity index (χ0) is 16.9. The lowest BCUT2D eigenvalue weighted by molar-refractivity contribution is 0.0435. The predicted molar refractivity (Wildman–Crippen MR) is 86.9 cm³/mol. The van der Waals surface area contributed by atoms with Gasteiger partial charge in [0.2, 0.25) is 5.89 Å². The van der Waals surface area contributed by atoms with Crippen molar-refractivity contribution in [2.75, 3.05) is 7.11 Å². The van der Waals surface area contributed by atoms with E-state index in [1.54, 1.807) is 12.1 Å². The van der Waals surface area contributed by atoms with E-state index in [0.717, 1.165) is 5.56 Å². The van der Waals surface area contributed by atoms with E-state index in [2.05, 4.69) is 10.2 Å². The molecule has 0 aliphatic carbocycles. The summed E-state index contributed by atoms with van der Waals surface area (Å²) in [5, 5.41) is 8.21. The van der Waals surface area contributed by atoms with Gasteiger partial charge in [0.05, 0.1) is 7.11 Å². The Kier molecular flexibility index (Phi) is 4.77. The molecule has 0 atom stereocenters. The number of carbonyl (C=O) groups is 1. The van der Waals surface area contributed by atoms with Crippen LogP contribution in [0, 0.1) is 0 Å². The first-order valence-electron chi connectivity index (χ1n) is 7.06. The van der Waals surface area contributed by atoms with Crippen LogP contribution in [0.4, 0.5) is 0 Å². The summed E-state index contributed by atoms with van der Waals surface area (Å²) in [6.07, 6.45) is 0. The van der Waals surface area contributed by atoms with Crippen LogP contribution >= 0.6 is 11.6 Å². The Hall–Kier alpha value is -2.86. The highest BCUT2D eigenvalue weighted by Crippen LogP contribution is 2.24. The van der Waals surface area contributed by atoms with Gasteiger partial charge in [0.1, 0.15) is 11.3 Å². The molecule has 1 heterocycles. The Bertz CT molecular complexity index is 849. The van der Waals surface area contributed by atoms with Gasteiger partial charge in [-0.25, -0.2) is 4.79 Å². The smallest absolute Gasteiger partial charge is 0.342 e. The second-order valence-corrected chi connectivity index (χ2v) is 5.22. The Morgan fingerprint density at radius 1 is 1.17 bits per heavy atom. The normalized spacial score (nSPS) is 10.4. The minimum atomic E-state index is -0.589. The number of hydrogen-bond donors (Lipinski definition) is 0. The van der Waals surface area contributed by atoms with Crippen LogP contribution in [0.5, 0.6) is 5.75 Å². The van der Waals surface area contributed by atoms with Crippen LogP contribution in [0.15, 0.2) is 52.9 Å². The number of methoxy groups -OCH3 is 1. The van der Waals surface area contributed by atoms with Crippen LogP contribution in [0.3, 0.4) is 0 Å². The van der Waals surface area contributed by atoms with E-state index in [1.165, 1.54) is 13.2 Å². The third kappa shape index (κ3) is 3.55. The number of benzene rings is 2. The van der Waals surface area contributed by atoms with Gasteiger partial charge in [0, 0.05) is 10.6 Å². The maximum atomic E-state index is 12.2. The summed E-state index contributed by atoms with van der Waals surface area (Å²) in [6, 6.07) is 14.0. The van der Waals surface area contributed by atoms with E-state index >= 15 is 0 Å². The number of carbonyl (C=O) groups excluding carboxylic acids is 1. The maximum absolute atomic E-state index is 12.2. The topological polar surface area (TPSA) is 74.5 Å². The van der Waals surface area contributed by atoms with Crippen molar-refractivity contribution in [1.82, 2.24) is 10.2 Å². The lowest BCUT2D eigenvalue weighted by atomic mass is 10.2. The molecule has 3 rings (SSSR count). The first-order chi connectivity index (χ1) is 11.7. The molecule has 0 aliphatic rings. The van der Waals surface area contributed by atoms with Gasteiger partial charge in [-0.05, 0) is 30.3 Å². The van der Waals surface area contributed by atoms with Gasteiger partial charge in [0.25, 0.3) is 5.89 Å². The molecule has 2 aromatic carbocycles. The largest absolute Gasteiger partial charge is 0.496 e. The summed E-state index contributed by atoms with van der Waals surface area (Å²) >= 11 is 5.90. The van der Waals surface area contributed by atoms with Crippen molar-refractivity contribution >= 4 is 17.6 Å². The van der Waals surface area contributed by atoms with E-state index in [9.17, 15) is 4.79 Å². The molecular formula is C17H13ClN2O4. The fourth-order valence-electron chi connectivity index (χ4n) is 2.05. The Morgan fingerprint density at radius 2 is 1.96 bits per heavy atom. The Morgan fingerprint density at radius 3 is 2.71 bits per heavy atom. The third-order valence-electron chi connectivity index (χ3n) is 3.20. The molecule has 7 heteroatoms. The average Bonchev–Trinajstić information content (AvgIpc) is 3.09. The number of ether oxygens (including phenoxy) is 2. The average molecular weight is 345 g/mol. The molecule has 0 aliphatic heterocycles. The van der Waals surface area contributed by atoms with Crippen molar-refractivity contribution in [2.45, 2.75) is 6.61 Å². The molecule has 3 aromatic rings. The number of nitrogens with zero attached hydrogens (tertiary/aromatic N) is 2. The monoisotopic (exact) mass is 344 g/mol. The van der Waals surface area contributed by atoms with E-state index in [1.807, 2.05) is 30.3 Å². The first kappa shape index (κ1) is 16.0. The fourth-order valence-corrected chi connectivity index (χ4v) is 2.23. The van der Waals surface area contributed by atoms with Gasteiger partial charge < -0.3 is 13.9 Å². The maximum Gasteiger partial charge on any atom is 0.342 e. The molecule has 0 spiro atoms. The van der Waals surface area contributed by atoms with Gasteiger partial charge in [-0.2, -0.15) is 0 Å². The van der Waals surface area contributed by atoms with Crippen molar-refractivity contribution in [3.63, 3.8) is 0 Å². The number of aromatic nitrogens is 2. The van der Waals surface area contributed by atoms with Crippen molar-refractivity contribution in [1.29, 1.82) is 0 Å². The fraction of sp³-hybridized carbons (Fsp3) is 0.118. The van der Waals surface area contributed by atoms with Gasteiger partial charge in [-0.1, -0.05) is 29.8 Å². The Labute approximate surface area is 143 Å². The van der Waals surface area contributed by atoms with E-state index < -0.39 is 5.97 Å². The molecule has 0 fully saturated rings. The SMILES string of the molecule is COc1ccc(Cl)cc1C(=O)OCc1nnc(-c2ccccc2)o1. The number of esters is 1. The van der Waals surface area contributed by atoms with Crippen LogP contribution in [0.2, 0.25) is 5.02 Å². The molecule has 6 nitrogen and oxygen atoms in total. The highest BCUT2D eigenvalue weighted by molar-refractivity contribution is 6.31. The molecule has 0 amide bonds. The van der Waals surface area contributed by atoms with E-state index in [0.29, 0.717) is 16.7 Å². The lowest BCUT2D eigenvalue weighted by Gasteiger charge is -2.07. The summed E-state index contributed by atoms with van der Waals surface area (Å²) in [7, 11) is 1.46. The van der Waals surface area contributed by atoms with Gasteiger partial charge in [-0.3, -0.25) is 0 Å². The van der Waals surface area contributed by atoms with Crippen LogP contribution in [-0.2, 0) is 11.3 Å². The summed E-state index contributed by atoms with van der Waals surface area (Å²) in [4.78, 5) is 12.2. The predicted octanol–water partition coefficient (Wildman–Crippen LogP) is 3.76. The van der Waals surface area contributed by atoms with Crippen molar-refractivity contribution in [2.24, 2.45) is 0 Å². The van der Waals surface area contributed by atoms with Crippen LogP contribution < -0.4 is 4.74 Å². The van der Waals surface area contributed by atoms with Crippen molar-refractivity contribution in [3.8, 4) is 17.2 Å². The molecular weight excluding hydrogens is 332 g/mol. The molecule has 0 saturated carbocycles. The van der Waals surface area contributed by atoms with E-state index in [-0.39, 0.29) is 18.1 Å². The summed E-state index contributed by atoms with van der Waals surface area (Å²) in [5.41, 5.74) is 1.02. The van der Waals surface area contributed by atoms with Crippen molar-refractivity contribution < 1.29 is 18.7 Å². The lowest BCUT2D eigenvalue weighted by Crippen LogP contribution is -2.07.